The van der Waals surface area contributed by atoms with Gasteiger partial charge in [-0.3, -0.25) is 4.40 Å². The maximum atomic E-state index is 12.5. The fourth-order valence-electron chi connectivity index (χ4n) is 3.16. The maximum Gasteiger partial charge on any atom is 0.339 e. The Labute approximate surface area is 165 Å². The second-order valence-corrected chi connectivity index (χ2v) is 7.00. The van der Waals surface area contributed by atoms with Crippen LogP contribution in [0.4, 0.5) is 16.2 Å². The number of nitrogens with one attached hydrogen (secondary N) is 2. The lowest BCUT2D eigenvalue weighted by Gasteiger charge is -2.23. The highest BCUT2D eigenvalue weighted by Gasteiger charge is 2.25. The molecule has 2 aromatic heterocycles. The number of carbonyl (C=O) groups is 2. The number of rotatable bonds is 4. The second kappa shape index (κ2) is 7.47. The summed E-state index contributed by atoms with van der Waals surface area (Å²) in [5.41, 5.74) is 1.54. The molecule has 0 bridgehead atoms. The molecule has 1 saturated carbocycles. The Balaban J connectivity index is 1.57. The highest BCUT2D eigenvalue weighted by atomic mass is 35.5. The molecule has 0 aliphatic heterocycles. The van der Waals surface area contributed by atoms with Gasteiger partial charge in [0.05, 0.1) is 24.0 Å². The van der Waals surface area contributed by atoms with Crippen LogP contribution in [0.1, 0.15) is 41.4 Å². The summed E-state index contributed by atoms with van der Waals surface area (Å²) in [7, 11) is 1.27. The topological polar surface area (TPSA) is 97.6 Å². The minimum absolute atomic E-state index is 0.204. The molecule has 1 aliphatic carbocycles. The Morgan fingerprint density at radius 1 is 1.18 bits per heavy atom. The summed E-state index contributed by atoms with van der Waals surface area (Å²) in [6.07, 6.45) is 5.29. The molecule has 2 N–H and O–H groups in total. The lowest BCUT2D eigenvalue weighted by Crippen LogP contribution is -2.21. The highest BCUT2D eigenvalue weighted by molar-refractivity contribution is 6.31. The maximum absolute atomic E-state index is 12.5. The fraction of sp³-hybridized carbons (Fsp3) is 0.263. The predicted molar refractivity (Wildman–Crippen MR) is 105 cm³/mol. The normalized spacial score (nSPS) is 13.8. The highest BCUT2D eigenvalue weighted by Crippen LogP contribution is 2.35. The van der Waals surface area contributed by atoms with E-state index in [1.807, 2.05) is 16.7 Å². The molecular formula is C19H18ClN5O3. The molecule has 0 spiro atoms. The summed E-state index contributed by atoms with van der Waals surface area (Å²) in [4.78, 5) is 24.4. The van der Waals surface area contributed by atoms with Crippen LogP contribution in [0.3, 0.4) is 0 Å². The first kappa shape index (κ1) is 18.2. The van der Waals surface area contributed by atoms with Crippen molar-refractivity contribution in [2.75, 3.05) is 17.7 Å². The zero-order chi connectivity index (χ0) is 19.7. The molecule has 0 unspecified atom stereocenters. The van der Waals surface area contributed by atoms with E-state index in [1.165, 1.54) is 25.7 Å². The lowest BCUT2D eigenvalue weighted by atomic mass is 9.85. The quantitative estimate of drug-likeness (QED) is 0.644. The van der Waals surface area contributed by atoms with Gasteiger partial charge in [0.25, 0.3) is 0 Å². The number of benzene rings is 1. The Bertz CT molecular complexity index is 1060. The number of amides is 2. The number of carbonyl (C=O) groups excluding carboxylic acids is 2. The summed E-state index contributed by atoms with van der Waals surface area (Å²) in [5.74, 6) is 0.748. The summed E-state index contributed by atoms with van der Waals surface area (Å²) >= 11 is 5.99. The van der Waals surface area contributed by atoms with Crippen molar-refractivity contribution >= 4 is 40.6 Å². The van der Waals surface area contributed by atoms with Gasteiger partial charge in [-0.2, -0.15) is 0 Å². The minimum Gasteiger partial charge on any atom is -0.465 e. The number of halogens is 1. The van der Waals surface area contributed by atoms with E-state index in [0.717, 1.165) is 18.7 Å². The molecule has 4 rings (SSSR count). The molecule has 9 heteroatoms. The summed E-state index contributed by atoms with van der Waals surface area (Å²) in [5, 5.41) is 14.3. The van der Waals surface area contributed by atoms with Crippen molar-refractivity contribution in [2.45, 2.75) is 25.2 Å². The van der Waals surface area contributed by atoms with E-state index in [4.69, 9.17) is 16.3 Å². The van der Waals surface area contributed by atoms with Crippen molar-refractivity contribution in [3.05, 3.63) is 52.9 Å². The molecule has 0 atom stereocenters. The smallest absolute Gasteiger partial charge is 0.339 e. The largest absolute Gasteiger partial charge is 0.465 e. The number of methoxy groups -OCH3 is 1. The van der Waals surface area contributed by atoms with Gasteiger partial charge in [0.2, 0.25) is 0 Å². The van der Waals surface area contributed by atoms with Crippen LogP contribution in [0, 0.1) is 0 Å². The van der Waals surface area contributed by atoms with Crippen LogP contribution in [-0.2, 0) is 4.74 Å². The van der Waals surface area contributed by atoms with Gasteiger partial charge in [-0.15, -0.1) is 10.2 Å². The summed E-state index contributed by atoms with van der Waals surface area (Å²) < 4.78 is 6.64. The van der Waals surface area contributed by atoms with Crippen LogP contribution < -0.4 is 10.6 Å². The molecule has 2 amide bonds. The summed E-state index contributed by atoms with van der Waals surface area (Å²) in [6.45, 7) is 0. The molecule has 3 aromatic rings. The van der Waals surface area contributed by atoms with E-state index in [1.54, 1.807) is 12.1 Å². The Morgan fingerprint density at radius 3 is 2.68 bits per heavy atom. The first-order valence-electron chi connectivity index (χ1n) is 8.86. The molecule has 0 saturated heterocycles. The van der Waals surface area contributed by atoms with Gasteiger partial charge in [-0.1, -0.05) is 18.0 Å². The van der Waals surface area contributed by atoms with E-state index in [9.17, 15) is 9.59 Å². The lowest BCUT2D eigenvalue weighted by molar-refractivity contribution is 0.0602. The van der Waals surface area contributed by atoms with Crippen LogP contribution in [-0.4, -0.2) is 33.7 Å². The monoisotopic (exact) mass is 399 g/mol. The SMILES string of the molecule is COC(=O)c1ccc(Cl)cc1NC(=O)Nc1cccn2c(C3CCC3)nnc12. The Hall–Kier alpha value is -3.13. The third-order valence-corrected chi connectivity index (χ3v) is 5.05. The molecule has 144 valence electrons. The first-order valence-corrected chi connectivity index (χ1v) is 9.24. The fourth-order valence-corrected chi connectivity index (χ4v) is 3.33. The van der Waals surface area contributed by atoms with Crippen molar-refractivity contribution < 1.29 is 14.3 Å². The van der Waals surface area contributed by atoms with Gasteiger partial charge in [0, 0.05) is 17.1 Å². The molecule has 8 nitrogen and oxygen atoms in total. The third-order valence-electron chi connectivity index (χ3n) is 4.81. The van der Waals surface area contributed by atoms with Gasteiger partial charge in [0.15, 0.2) is 5.65 Å². The minimum atomic E-state index is -0.573. The van der Waals surface area contributed by atoms with Crippen molar-refractivity contribution in [1.29, 1.82) is 0 Å². The molecular weight excluding hydrogens is 382 g/mol. The standard InChI is InChI=1S/C19H18ClN5O3/c1-28-18(26)13-8-7-12(20)10-15(13)22-19(27)21-14-6-3-9-25-16(11-4-2-5-11)23-24-17(14)25/h3,6-11H,2,4-5H2,1H3,(H2,21,22,27). The number of ether oxygens (including phenoxy) is 1. The molecule has 28 heavy (non-hydrogen) atoms. The molecule has 0 radical (unpaired) electrons. The molecule has 1 aromatic carbocycles. The predicted octanol–water partition coefficient (Wildman–Crippen LogP) is 4.08. The van der Waals surface area contributed by atoms with Crippen LogP contribution in [0.15, 0.2) is 36.5 Å². The Kier molecular flexibility index (Phi) is 4.87. The van der Waals surface area contributed by atoms with Crippen LogP contribution in [0.25, 0.3) is 5.65 Å². The zero-order valence-corrected chi connectivity index (χ0v) is 15.9. The first-order chi connectivity index (χ1) is 13.6. The number of aromatic nitrogens is 3. The third kappa shape index (κ3) is 3.38. The van der Waals surface area contributed by atoms with E-state index >= 15 is 0 Å². The van der Waals surface area contributed by atoms with Crippen LogP contribution in [0.2, 0.25) is 5.02 Å². The van der Waals surface area contributed by atoms with Crippen LogP contribution >= 0.6 is 11.6 Å². The summed E-state index contributed by atoms with van der Waals surface area (Å²) in [6, 6.07) is 7.57. The number of urea groups is 1. The van der Waals surface area contributed by atoms with Gasteiger partial charge < -0.3 is 15.4 Å². The van der Waals surface area contributed by atoms with Crippen LogP contribution in [0.5, 0.6) is 0 Å². The number of hydrogen-bond acceptors (Lipinski definition) is 5. The number of esters is 1. The number of hydrogen-bond donors (Lipinski definition) is 2. The van der Waals surface area contributed by atoms with Crippen molar-refractivity contribution in [3.8, 4) is 0 Å². The average molecular weight is 400 g/mol. The Morgan fingerprint density at radius 2 is 1.96 bits per heavy atom. The molecule has 1 aliphatic rings. The van der Waals surface area contributed by atoms with E-state index < -0.39 is 12.0 Å². The van der Waals surface area contributed by atoms with Gasteiger partial charge in [0.1, 0.15) is 5.82 Å². The van der Waals surface area contributed by atoms with Crippen molar-refractivity contribution in [3.63, 3.8) is 0 Å². The average Bonchev–Trinajstić information content (AvgIpc) is 3.04. The number of fused-ring (bicyclic) bond motifs is 1. The molecule has 2 heterocycles. The van der Waals surface area contributed by atoms with E-state index in [0.29, 0.717) is 22.3 Å². The van der Waals surface area contributed by atoms with Gasteiger partial charge >= 0.3 is 12.0 Å². The van der Waals surface area contributed by atoms with E-state index in [-0.39, 0.29) is 11.3 Å². The molecule has 1 fully saturated rings. The number of pyridine rings is 1. The zero-order valence-electron chi connectivity index (χ0n) is 15.1. The number of nitrogens with zero attached hydrogens (tertiary/aromatic N) is 3. The van der Waals surface area contributed by atoms with E-state index in [2.05, 4.69) is 20.8 Å². The van der Waals surface area contributed by atoms with Crippen molar-refractivity contribution in [1.82, 2.24) is 14.6 Å². The second-order valence-electron chi connectivity index (χ2n) is 6.56. The van der Waals surface area contributed by atoms with Gasteiger partial charge in [-0.05, 0) is 43.2 Å². The van der Waals surface area contributed by atoms with Crippen molar-refractivity contribution in [2.24, 2.45) is 0 Å². The number of anilines is 2. The van der Waals surface area contributed by atoms with Gasteiger partial charge in [-0.25, -0.2) is 9.59 Å².